The van der Waals surface area contributed by atoms with Gasteiger partial charge in [-0.3, -0.25) is 9.59 Å². The van der Waals surface area contributed by atoms with Crippen LogP contribution in [0.4, 0.5) is 0 Å². The standard InChI is InChI=1S/C16H32O5S.C8H18O4S.C8H16O2.CH4S/c1-3-5-15(6-4-2)16(17)21-12-11-19-8-7-18-9-10-20-13-14-22;9-1-2-10-3-4-11-5-6-12-7-8-13;1-3-5-7(6-4-2)8(9)10;1-2/h15,22H,3-14H2,1-2H3;9,13H,1-8H2;7H,3-6H2,1-2H3,(H,9,10);2H,1H3. The van der Waals surface area contributed by atoms with E-state index >= 15 is 0 Å². The number of hydrogen-bond donors (Lipinski definition) is 5. The van der Waals surface area contributed by atoms with Gasteiger partial charge >= 0.3 is 11.9 Å². The van der Waals surface area contributed by atoms with Crippen molar-refractivity contribution in [1.29, 1.82) is 0 Å². The number of carbonyl (C=O) groups excluding carboxylic acids is 1. The second-order valence-corrected chi connectivity index (χ2v) is 10.8. The third kappa shape index (κ3) is 47.9. The molecule has 0 bridgehead atoms. The number of carbonyl (C=O) groups is 2. The molecule has 0 aromatic heterocycles. The van der Waals surface area contributed by atoms with Crippen LogP contribution < -0.4 is 0 Å². The maximum absolute atomic E-state index is 11.9. The van der Waals surface area contributed by atoms with Gasteiger partial charge in [-0.2, -0.15) is 37.9 Å². The zero-order valence-corrected chi connectivity index (χ0v) is 32.7. The average Bonchev–Trinajstić information content (AvgIpc) is 3.07. The van der Waals surface area contributed by atoms with Crippen LogP contribution in [-0.4, -0.2) is 132 Å². The van der Waals surface area contributed by atoms with Crippen LogP contribution >= 0.6 is 37.9 Å². The van der Waals surface area contributed by atoms with E-state index in [0.717, 1.165) is 62.9 Å². The van der Waals surface area contributed by atoms with Gasteiger partial charge in [-0.15, -0.1) is 0 Å². The van der Waals surface area contributed by atoms with Crippen LogP contribution in [0.3, 0.4) is 0 Å². The summed E-state index contributed by atoms with van der Waals surface area (Å²) in [6, 6.07) is 0. The van der Waals surface area contributed by atoms with Crippen molar-refractivity contribution < 1.29 is 53.0 Å². The molecule has 47 heavy (non-hydrogen) atoms. The van der Waals surface area contributed by atoms with Gasteiger partial charge in [-0.1, -0.05) is 53.4 Å². The molecule has 0 aromatic rings. The van der Waals surface area contributed by atoms with Crippen molar-refractivity contribution in [3.05, 3.63) is 0 Å². The molecule has 0 atom stereocenters. The van der Waals surface area contributed by atoms with Gasteiger partial charge in [0.15, 0.2) is 0 Å². The lowest BCUT2D eigenvalue weighted by atomic mass is 9.99. The average molecular weight is 739 g/mol. The Hall–Kier alpha value is -0.290. The van der Waals surface area contributed by atoms with Crippen LogP contribution in [0.25, 0.3) is 0 Å². The van der Waals surface area contributed by atoms with Crippen molar-refractivity contribution in [1.82, 2.24) is 0 Å². The van der Waals surface area contributed by atoms with Crippen molar-refractivity contribution in [3.8, 4) is 0 Å². The number of ether oxygens (including phenoxy) is 7. The van der Waals surface area contributed by atoms with Crippen molar-refractivity contribution in [3.63, 3.8) is 0 Å². The van der Waals surface area contributed by atoms with E-state index in [1.54, 1.807) is 6.26 Å². The summed E-state index contributed by atoms with van der Waals surface area (Å²) < 4.78 is 36.4. The minimum absolute atomic E-state index is 0.0376. The number of carboxylic acids is 1. The molecule has 0 aliphatic heterocycles. The number of rotatable bonds is 31. The predicted molar refractivity (Wildman–Crippen MR) is 200 cm³/mol. The summed E-state index contributed by atoms with van der Waals surface area (Å²) in [5.41, 5.74) is 0. The van der Waals surface area contributed by atoms with E-state index in [1.807, 2.05) is 13.8 Å². The molecular weight excluding hydrogens is 669 g/mol. The second kappa shape index (κ2) is 50.1. The highest BCUT2D eigenvalue weighted by molar-refractivity contribution is 7.80. The van der Waals surface area contributed by atoms with Crippen LogP contribution in [-0.2, 0) is 42.7 Å². The molecule has 0 saturated heterocycles. The fraction of sp³-hybridized carbons (Fsp3) is 0.939. The third-order valence-corrected chi connectivity index (χ3v) is 6.26. The third-order valence-electron chi connectivity index (χ3n) is 5.90. The van der Waals surface area contributed by atoms with E-state index in [1.165, 1.54) is 0 Å². The van der Waals surface area contributed by atoms with Gasteiger partial charge in [-0.25, -0.2) is 0 Å². The van der Waals surface area contributed by atoms with Crippen molar-refractivity contribution in [2.24, 2.45) is 11.8 Å². The quantitative estimate of drug-likeness (QED) is 0.0349. The van der Waals surface area contributed by atoms with Gasteiger partial charge in [-0.05, 0) is 31.9 Å². The smallest absolute Gasteiger partial charge is 0.309 e. The first kappa shape index (κ1) is 53.5. The van der Waals surface area contributed by atoms with Crippen LogP contribution in [0.5, 0.6) is 0 Å². The fourth-order valence-corrected chi connectivity index (χ4v) is 4.02. The van der Waals surface area contributed by atoms with Crippen molar-refractivity contribution in [2.75, 3.05) is 110 Å². The lowest BCUT2D eigenvalue weighted by Crippen LogP contribution is -2.20. The number of aliphatic carboxylic acids is 1. The maximum atomic E-state index is 11.9. The molecule has 14 heteroatoms. The number of aliphatic hydroxyl groups excluding tert-OH is 1. The highest BCUT2D eigenvalue weighted by atomic mass is 32.1. The van der Waals surface area contributed by atoms with Gasteiger partial charge in [0.25, 0.3) is 0 Å². The first-order valence-electron chi connectivity index (χ1n) is 17.0. The largest absolute Gasteiger partial charge is 0.481 e. The fourth-order valence-electron chi connectivity index (χ4n) is 3.76. The molecule has 2 N–H and O–H groups in total. The molecule has 0 radical (unpaired) electrons. The van der Waals surface area contributed by atoms with E-state index in [4.69, 9.17) is 43.4 Å². The van der Waals surface area contributed by atoms with Crippen LogP contribution in [0, 0.1) is 11.8 Å². The Morgan fingerprint density at radius 3 is 1.11 bits per heavy atom. The first-order chi connectivity index (χ1) is 22.9. The highest BCUT2D eigenvalue weighted by Gasteiger charge is 2.17. The van der Waals surface area contributed by atoms with E-state index in [9.17, 15) is 9.59 Å². The Balaban J connectivity index is -0.000000314. The lowest BCUT2D eigenvalue weighted by molar-refractivity contribution is -0.150. The molecule has 0 saturated carbocycles. The zero-order chi connectivity index (χ0) is 36.2. The van der Waals surface area contributed by atoms with Gasteiger partial charge in [0.2, 0.25) is 0 Å². The summed E-state index contributed by atoms with van der Waals surface area (Å²) in [5.74, 6) is 0.665. The molecule has 0 heterocycles. The van der Waals surface area contributed by atoms with Gasteiger partial charge in [0.1, 0.15) is 6.61 Å². The van der Waals surface area contributed by atoms with Gasteiger partial charge in [0, 0.05) is 11.5 Å². The Morgan fingerprint density at radius 2 is 0.809 bits per heavy atom. The molecular formula is C33H70O11S3. The number of esters is 1. The van der Waals surface area contributed by atoms with E-state index in [0.29, 0.717) is 85.9 Å². The summed E-state index contributed by atoms with van der Waals surface area (Å²) in [6.45, 7) is 15.1. The monoisotopic (exact) mass is 738 g/mol. The summed E-state index contributed by atoms with van der Waals surface area (Å²) in [4.78, 5) is 22.3. The number of hydrogen-bond acceptors (Lipinski definition) is 13. The predicted octanol–water partition coefficient (Wildman–Crippen LogP) is 5.52. The molecule has 0 fully saturated rings. The van der Waals surface area contributed by atoms with Crippen LogP contribution in [0.2, 0.25) is 0 Å². The molecule has 0 aromatic carbocycles. The van der Waals surface area contributed by atoms with Gasteiger partial charge < -0.3 is 43.4 Å². The van der Waals surface area contributed by atoms with E-state index in [-0.39, 0.29) is 24.4 Å². The molecule has 286 valence electrons. The highest BCUT2D eigenvalue weighted by Crippen LogP contribution is 2.15. The SMILES string of the molecule is CCCC(CCC)C(=O)O.CCCC(CCC)C(=O)OCCOCCOCCOCCS.CS.OCCOCCOCCOCCS. The minimum atomic E-state index is -0.635. The normalized spacial score (nSPS) is 10.4. The molecule has 0 aliphatic carbocycles. The summed E-state index contributed by atoms with van der Waals surface area (Å²) >= 11 is 11.6. The Bertz CT molecular complexity index is 572. The van der Waals surface area contributed by atoms with Crippen molar-refractivity contribution in [2.45, 2.75) is 79.1 Å². The molecule has 0 unspecified atom stereocenters. The second-order valence-electron chi connectivity index (χ2n) is 9.90. The summed E-state index contributed by atoms with van der Waals surface area (Å²) in [7, 11) is 0. The van der Waals surface area contributed by atoms with Gasteiger partial charge in [0.05, 0.1) is 97.7 Å². The molecule has 11 nitrogen and oxygen atoms in total. The molecule has 0 rings (SSSR count). The zero-order valence-electron chi connectivity index (χ0n) is 30.0. The van der Waals surface area contributed by atoms with Crippen LogP contribution in [0.15, 0.2) is 0 Å². The number of aliphatic hydroxyl groups is 1. The Labute approximate surface area is 303 Å². The van der Waals surface area contributed by atoms with Crippen molar-refractivity contribution >= 4 is 49.8 Å². The lowest BCUT2D eigenvalue weighted by Gasteiger charge is -2.14. The van der Waals surface area contributed by atoms with Crippen LogP contribution in [0.1, 0.15) is 79.1 Å². The number of thiol groups is 3. The maximum Gasteiger partial charge on any atom is 0.309 e. The van der Waals surface area contributed by atoms with E-state index < -0.39 is 5.97 Å². The number of carboxylic acid groups (broad SMARTS) is 1. The Morgan fingerprint density at radius 1 is 0.511 bits per heavy atom. The minimum Gasteiger partial charge on any atom is -0.481 e. The topological polar surface area (TPSA) is 139 Å². The summed E-state index contributed by atoms with van der Waals surface area (Å²) in [5, 5.41) is 17.0. The molecule has 0 amide bonds. The first-order valence-corrected chi connectivity index (χ1v) is 19.2. The van der Waals surface area contributed by atoms with E-state index in [2.05, 4.69) is 51.7 Å². The molecule has 0 aliphatic rings. The Kier molecular flexibility index (Phi) is 57.0. The molecule has 0 spiro atoms. The summed E-state index contributed by atoms with van der Waals surface area (Å²) in [6.07, 6.45) is 9.09.